The van der Waals surface area contributed by atoms with Gasteiger partial charge in [-0.3, -0.25) is 9.59 Å². The van der Waals surface area contributed by atoms with Crippen molar-refractivity contribution in [3.63, 3.8) is 0 Å². The zero-order valence-corrected chi connectivity index (χ0v) is 24.3. The van der Waals surface area contributed by atoms with Crippen molar-refractivity contribution in [3.05, 3.63) is 40.9 Å². The molecular weight excluding hydrogens is 534 g/mol. The van der Waals surface area contributed by atoms with Crippen LogP contribution in [0.5, 0.6) is 23.0 Å². The zero-order valence-electron chi connectivity index (χ0n) is 23.5. The summed E-state index contributed by atoms with van der Waals surface area (Å²) in [7, 11) is 0. The van der Waals surface area contributed by atoms with E-state index in [0.717, 1.165) is 18.1 Å². The monoisotopic (exact) mass is 573 g/mol. The topological polar surface area (TPSA) is 112 Å². The fraction of sp³-hybridized carbons (Fsp3) is 0.533. The van der Waals surface area contributed by atoms with Crippen molar-refractivity contribution in [3.8, 4) is 23.0 Å². The van der Waals surface area contributed by atoms with Gasteiger partial charge in [-0.05, 0) is 68.0 Å². The van der Waals surface area contributed by atoms with Gasteiger partial charge in [0, 0.05) is 13.5 Å². The molecule has 3 N–H and O–H groups in total. The Balaban J connectivity index is 0.000000210. The summed E-state index contributed by atoms with van der Waals surface area (Å²) in [5.74, 6) is 3.32. The van der Waals surface area contributed by atoms with Crippen LogP contribution in [0.3, 0.4) is 0 Å². The molecule has 2 aromatic rings. The highest BCUT2D eigenvalue weighted by Gasteiger charge is 2.28. The molecule has 0 spiro atoms. The van der Waals surface area contributed by atoms with Crippen LogP contribution < -0.4 is 30.0 Å². The van der Waals surface area contributed by atoms with Crippen LogP contribution in [0.25, 0.3) is 0 Å². The minimum Gasteiger partial charge on any atom is -0.486 e. The third-order valence-corrected chi connectivity index (χ3v) is 7.78. The van der Waals surface area contributed by atoms with E-state index in [2.05, 4.69) is 30.1 Å². The summed E-state index contributed by atoms with van der Waals surface area (Å²) in [5.41, 5.74) is 6.98. The van der Waals surface area contributed by atoms with Gasteiger partial charge in [0.05, 0.1) is 5.02 Å². The summed E-state index contributed by atoms with van der Waals surface area (Å²) in [6.45, 7) is 10.8. The van der Waals surface area contributed by atoms with Crippen molar-refractivity contribution in [2.75, 3.05) is 44.8 Å². The number of likely N-dealkylation sites (tertiary alicyclic amines) is 1. The molecule has 0 aromatic heterocycles. The van der Waals surface area contributed by atoms with Gasteiger partial charge in [-0.1, -0.05) is 44.0 Å². The summed E-state index contributed by atoms with van der Waals surface area (Å²) < 4.78 is 22.3. The number of rotatable bonds is 7. The largest absolute Gasteiger partial charge is 0.486 e. The summed E-state index contributed by atoms with van der Waals surface area (Å²) in [4.78, 5) is 24.9. The second kappa shape index (κ2) is 13.9. The molecule has 5 rings (SSSR count). The smallest absolute Gasteiger partial charge is 0.262 e. The predicted molar refractivity (Wildman–Crippen MR) is 155 cm³/mol. The Bertz CT molecular complexity index is 1180. The molecule has 1 saturated heterocycles. The Hall–Kier alpha value is -3.17. The number of amides is 2. The molecule has 2 atom stereocenters. The van der Waals surface area contributed by atoms with E-state index >= 15 is 0 Å². The van der Waals surface area contributed by atoms with Crippen molar-refractivity contribution >= 4 is 29.1 Å². The fourth-order valence-electron chi connectivity index (χ4n) is 5.10. The lowest BCUT2D eigenvalue weighted by atomic mass is 9.89. The molecule has 3 aliphatic rings. The Morgan fingerprint density at radius 1 is 1.07 bits per heavy atom. The first kappa shape index (κ1) is 29.8. The number of primary amides is 1. The van der Waals surface area contributed by atoms with E-state index in [1.165, 1.54) is 51.4 Å². The average Bonchev–Trinajstić information content (AvgIpc) is 2.95. The van der Waals surface area contributed by atoms with Crippen molar-refractivity contribution in [2.45, 2.75) is 52.6 Å². The number of fused-ring (bicyclic) bond motifs is 2. The van der Waals surface area contributed by atoms with Gasteiger partial charge in [0.15, 0.2) is 23.0 Å². The van der Waals surface area contributed by atoms with Crippen molar-refractivity contribution in [2.24, 2.45) is 17.6 Å². The van der Waals surface area contributed by atoms with Gasteiger partial charge in [0.1, 0.15) is 25.5 Å². The molecule has 218 valence electrons. The number of halogens is 1. The second-order valence-corrected chi connectivity index (χ2v) is 11.1. The lowest BCUT2D eigenvalue weighted by molar-refractivity contribution is -0.127. The first-order chi connectivity index (χ1) is 19.2. The zero-order chi connectivity index (χ0) is 28.6. The number of anilines is 1. The molecule has 9 nitrogen and oxygen atoms in total. The van der Waals surface area contributed by atoms with Crippen LogP contribution in [0.2, 0.25) is 5.02 Å². The fourth-order valence-corrected chi connectivity index (χ4v) is 5.30. The molecule has 3 heterocycles. The molecule has 2 aromatic carbocycles. The molecule has 0 bridgehead atoms. The van der Waals surface area contributed by atoms with Crippen LogP contribution >= 0.6 is 11.6 Å². The second-order valence-electron chi connectivity index (χ2n) is 10.7. The van der Waals surface area contributed by atoms with E-state index in [1.54, 1.807) is 12.1 Å². The van der Waals surface area contributed by atoms with Crippen LogP contribution in [0.4, 0.5) is 5.69 Å². The summed E-state index contributed by atoms with van der Waals surface area (Å²) in [6.07, 6.45) is 4.02. The molecule has 2 amide bonds. The highest BCUT2D eigenvalue weighted by Crippen LogP contribution is 2.42. The lowest BCUT2D eigenvalue weighted by Gasteiger charge is -2.34. The van der Waals surface area contributed by atoms with Gasteiger partial charge < -0.3 is 34.9 Å². The quantitative estimate of drug-likeness (QED) is 0.494. The van der Waals surface area contributed by atoms with E-state index in [9.17, 15) is 9.59 Å². The third kappa shape index (κ3) is 7.73. The molecule has 2 unspecified atom stereocenters. The highest BCUT2D eigenvalue weighted by atomic mass is 35.5. The van der Waals surface area contributed by atoms with Crippen LogP contribution in [0.1, 0.15) is 45.6 Å². The van der Waals surface area contributed by atoms with Crippen LogP contribution in [-0.2, 0) is 16.0 Å². The number of carbonyl (C=O) groups excluding carboxylic acids is 2. The number of hydrogen-bond donors (Lipinski definition) is 2. The third-order valence-electron chi connectivity index (χ3n) is 7.47. The summed E-state index contributed by atoms with van der Waals surface area (Å²) in [6, 6.07) is 9.32. The van der Waals surface area contributed by atoms with E-state index in [-0.39, 0.29) is 12.5 Å². The van der Waals surface area contributed by atoms with Gasteiger partial charge in [-0.25, -0.2) is 0 Å². The van der Waals surface area contributed by atoms with E-state index in [4.69, 9.17) is 36.3 Å². The van der Waals surface area contributed by atoms with Gasteiger partial charge in [0.2, 0.25) is 12.0 Å². The number of nitrogens with two attached hydrogens (primary N) is 1. The number of hydrogen-bond acceptors (Lipinski definition) is 7. The Morgan fingerprint density at radius 3 is 2.52 bits per heavy atom. The minimum absolute atomic E-state index is 0.195. The first-order valence-corrected chi connectivity index (χ1v) is 14.4. The van der Waals surface area contributed by atoms with Crippen molar-refractivity contribution in [1.29, 1.82) is 0 Å². The van der Waals surface area contributed by atoms with Crippen LogP contribution in [-0.4, -0.2) is 62.3 Å². The predicted octanol–water partition coefficient (Wildman–Crippen LogP) is 4.68. The van der Waals surface area contributed by atoms with Crippen LogP contribution in [0.15, 0.2) is 30.3 Å². The number of benzene rings is 2. The number of piperidine rings is 1. The maximum atomic E-state index is 11.3. The Kier molecular flexibility index (Phi) is 10.4. The maximum Gasteiger partial charge on any atom is 0.262 e. The van der Waals surface area contributed by atoms with Gasteiger partial charge in [-0.15, -0.1) is 0 Å². The lowest BCUT2D eigenvalue weighted by Crippen LogP contribution is -2.41. The minimum atomic E-state index is -0.688. The van der Waals surface area contributed by atoms with E-state index < -0.39 is 12.0 Å². The highest BCUT2D eigenvalue weighted by molar-refractivity contribution is 6.34. The number of nitrogens with one attached hydrogen (secondary N) is 1. The molecule has 1 fully saturated rings. The number of nitrogens with zero attached hydrogens (tertiary/aromatic N) is 1. The average molecular weight is 574 g/mol. The maximum absolute atomic E-state index is 11.3. The van der Waals surface area contributed by atoms with Crippen molar-refractivity contribution < 1.29 is 28.5 Å². The molecule has 40 heavy (non-hydrogen) atoms. The van der Waals surface area contributed by atoms with Gasteiger partial charge in [-0.2, -0.15) is 0 Å². The molecule has 3 aliphatic heterocycles. The number of ether oxygens (including phenoxy) is 4. The Labute approximate surface area is 241 Å². The molecule has 0 saturated carbocycles. The molecule has 0 radical (unpaired) electrons. The SMILES string of the molecule is CC(=O)Nc1c(Cl)ccc2c1OCCO2.CCC(C)CN1CCC(Cc2cccc3c2OCC(C(N)=O)O3)CC1. The van der Waals surface area contributed by atoms with E-state index in [0.29, 0.717) is 47.1 Å². The van der Waals surface area contributed by atoms with Crippen LogP contribution in [0, 0.1) is 11.8 Å². The summed E-state index contributed by atoms with van der Waals surface area (Å²) >= 11 is 5.96. The van der Waals surface area contributed by atoms with Gasteiger partial charge in [0.25, 0.3) is 5.91 Å². The normalized spacial score (nSPS) is 19.1. The molecular formula is C30H40ClN3O6. The van der Waals surface area contributed by atoms with Gasteiger partial charge >= 0.3 is 0 Å². The number of carbonyl (C=O) groups is 2. The van der Waals surface area contributed by atoms with E-state index in [1.807, 2.05) is 12.1 Å². The molecule has 10 heteroatoms. The van der Waals surface area contributed by atoms with Crippen molar-refractivity contribution in [1.82, 2.24) is 4.90 Å². The summed E-state index contributed by atoms with van der Waals surface area (Å²) in [5, 5.41) is 3.06. The first-order valence-electron chi connectivity index (χ1n) is 14.0. The molecule has 0 aliphatic carbocycles. The standard InChI is InChI=1S/C20H30N2O3.C10H10ClNO3/c1-3-14(2)12-22-9-7-15(8-10-22)11-16-5-4-6-17-19(16)24-13-18(25-17)20(21)23;1-6(13)12-9-7(11)2-3-8-10(9)15-5-4-14-8/h4-6,14-15,18H,3,7-13H2,1-2H3,(H2,21,23);2-3H,4-5H2,1H3,(H,12,13). The number of para-hydroxylation sites is 1. The Morgan fingerprint density at radius 2 is 1.82 bits per heavy atom.